The van der Waals surface area contributed by atoms with Gasteiger partial charge in [0, 0.05) is 10.0 Å². The summed E-state index contributed by atoms with van der Waals surface area (Å²) >= 11 is 3.50. The number of halogens is 1. The molecule has 0 aliphatic heterocycles. The predicted molar refractivity (Wildman–Crippen MR) is 85.1 cm³/mol. The summed E-state index contributed by atoms with van der Waals surface area (Å²) in [6.45, 7) is 5.95. The summed E-state index contributed by atoms with van der Waals surface area (Å²) in [4.78, 5) is 0. The van der Waals surface area contributed by atoms with Gasteiger partial charge in [-0.2, -0.15) is 0 Å². The third kappa shape index (κ3) is 3.22. The second kappa shape index (κ2) is 6.42. The SMILES string of the molecule is Cc1c(Br)cccc1C(O)c1ccccc1OC(C)C. The molecular weight excluding hydrogens is 316 g/mol. The summed E-state index contributed by atoms with van der Waals surface area (Å²) in [5.41, 5.74) is 2.72. The molecule has 1 unspecified atom stereocenters. The van der Waals surface area contributed by atoms with E-state index in [4.69, 9.17) is 4.74 Å². The van der Waals surface area contributed by atoms with Crippen molar-refractivity contribution in [3.8, 4) is 5.75 Å². The van der Waals surface area contributed by atoms with Crippen LogP contribution in [0.2, 0.25) is 0 Å². The summed E-state index contributed by atoms with van der Waals surface area (Å²) in [5.74, 6) is 0.731. The molecule has 0 spiro atoms. The number of aliphatic hydroxyl groups is 1. The molecule has 0 aromatic heterocycles. The van der Waals surface area contributed by atoms with Crippen molar-refractivity contribution in [2.75, 3.05) is 0 Å². The van der Waals surface area contributed by atoms with E-state index in [1.165, 1.54) is 0 Å². The van der Waals surface area contributed by atoms with Crippen molar-refractivity contribution in [1.29, 1.82) is 0 Å². The van der Waals surface area contributed by atoms with E-state index < -0.39 is 6.10 Å². The molecule has 1 atom stereocenters. The molecule has 1 N–H and O–H groups in total. The maximum atomic E-state index is 10.7. The van der Waals surface area contributed by atoms with Crippen molar-refractivity contribution >= 4 is 15.9 Å². The van der Waals surface area contributed by atoms with Gasteiger partial charge in [-0.15, -0.1) is 0 Å². The second-order valence-corrected chi connectivity index (χ2v) is 5.92. The lowest BCUT2D eigenvalue weighted by molar-refractivity contribution is 0.197. The maximum absolute atomic E-state index is 10.7. The molecule has 0 radical (unpaired) electrons. The molecule has 2 aromatic rings. The maximum Gasteiger partial charge on any atom is 0.125 e. The number of rotatable bonds is 4. The molecule has 2 rings (SSSR count). The highest BCUT2D eigenvalue weighted by Crippen LogP contribution is 2.33. The number of hydrogen-bond acceptors (Lipinski definition) is 2. The van der Waals surface area contributed by atoms with Gasteiger partial charge in [0.15, 0.2) is 0 Å². The first-order valence-corrected chi connectivity index (χ1v) is 7.48. The minimum Gasteiger partial charge on any atom is -0.491 e. The minimum absolute atomic E-state index is 0.0759. The van der Waals surface area contributed by atoms with Crippen LogP contribution in [-0.4, -0.2) is 11.2 Å². The van der Waals surface area contributed by atoms with Crippen LogP contribution in [-0.2, 0) is 0 Å². The van der Waals surface area contributed by atoms with Gasteiger partial charge in [0.1, 0.15) is 11.9 Å². The van der Waals surface area contributed by atoms with Crippen molar-refractivity contribution in [3.63, 3.8) is 0 Å². The Morgan fingerprint density at radius 2 is 1.65 bits per heavy atom. The van der Waals surface area contributed by atoms with Gasteiger partial charge in [0.05, 0.1) is 6.10 Å². The Bertz CT molecular complexity index is 593. The van der Waals surface area contributed by atoms with Gasteiger partial charge >= 0.3 is 0 Å². The molecule has 0 amide bonds. The molecule has 2 aromatic carbocycles. The molecule has 0 bridgehead atoms. The summed E-state index contributed by atoms with van der Waals surface area (Å²) < 4.78 is 6.78. The second-order valence-electron chi connectivity index (χ2n) is 5.06. The van der Waals surface area contributed by atoms with Crippen molar-refractivity contribution in [3.05, 3.63) is 63.6 Å². The van der Waals surface area contributed by atoms with Crippen LogP contribution >= 0.6 is 15.9 Å². The largest absolute Gasteiger partial charge is 0.491 e. The fraction of sp³-hybridized carbons (Fsp3) is 0.294. The summed E-state index contributed by atoms with van der Waals surface area (Å²) in [5, 5.41) is 10.7. The summed E-state index contributed by atoms with van der Waals surface area (Å²) in [6.07, 6.45) is -0.616. The third-order valence-electron chi connectivity index (χ3n) is 3.18. The molecule has 0 fully saturated rings. The minimum atomic E-state index is -0.692. The molecule has 20 heavy (non-hydrogen) atoms. The first-order chi connectivity index (χ1) is 9.50. The highest BCUT2D eigenvalue weighted by Gasteiger charge is 2.18. The number of hydrogen-bond donors (Lipinski definition) is 1. The predicted octanol–water partition coefficient (Wildman–Crippen LogP) is 4.63. The molecule has 0 saturated carbocycles. The van der Waals surface area contributed by atoms with Crippen LogP contribution in [0.25, 0.3) is 0 Å². The van der Waals surface area contributed by atoms with Gasteiger partial charge in [0.25, 0.3) is 0 Å². The van der Waals surface area contributed by atoms with Gasteiger partial charge in [-0.3, -0.25) is 0 Å². The lowest BCUT2D eigenvalue weighted by Gasteiger charge is -2.20. The third-order valence-corrected chi connectivity index (χ3v) is 4.04. The number of aliphatic hydroxyl groups excluding tert-OH is 1. The Hall–Kier alpha value is -1.32. The molecule has 2 nitrogen and oxygen atoms in total. The van der Waals surface area contributed by atoms with E-state index in [2.05, 4.69) is 15.9 Å². The first kappa shape index (κ1) is 15.1. The van der Waals surface area contributed by atoms with Crippen molar-refractivity contribution in [2.45, 2.75) is 33.0 Å². The van der Waals surface area contributed by atoms with Crippen LogP contribution in [0, 0.1) is 6.92 Å². The number of ether oxygens (including phenoxy) is 1. The van der Waals surface area contributed by atoms with Gasteiger partial charge in [0.2, 0.25) is 0 Å². The molecule has 106 valence electrons. The van der Waals surface area contributed by atoms with Crippen LogP contribution in [0.5, 0.6) is 5.75 Å². The smallest absolute Gasteiger partial charge is 0.125 e. The zero-order chi connectivity index (χ0) is 14.7. The van der Waals surface area contributed by atoms with Crippen LogP contribution in [0.15, 0.2) is 46.9 Å². The topological polar surface area (TPSA) is 29.5 Å². The fourth-order valence-corrected chi connectivity index (χ4v) is 2.54. The molecular formula is C17H19BrO2. The van der Waals surface area contributed by atoms with Gasteiger partial charge in [-0.25, -0.2) is 0 Å². The van der Waals surface area contributed by atoms with Crippen molar-refractivity contribution in [2.24, 2.45) is 0 Å². The van der Waals surface area contributed by atoms with E-state index in [0.29, 0.717) is 0 Å². The van der Waals surface area contributed by atoms with Gasteiger partial charge < -0.3 is 9.84 Å². The van der Waals surface area contributed by atoms with Gasteiger partial charge in [-0.1, -0.05) is 46.3 Å². The summed E-state index contributed by atoms with van der Waals surface area (Å²) in [6, 6.07) is 13.5. The van der Waals surface area contributed by atoms with E-state index in [0.717, 1.165) is 26.9 Å². The molecule has 0 aliphatic rings. The number of benzene rings is 2. The Morgan fingerprint density at radius 1 is 1.00 bits per heavy atom. The number of para-hydroxylation sites is 1. The Morgan fingerprint density at radius 3 is 2.35 bits per heavy atom. The van der Waals surface area contributed by atoms with Crippen LogP contribution in [0.4, 0.5) is 0 Å². The molecule has 3 heteroatoms. The van der Waals surface area contributed by atoms with Crippen molar-refractivity contribution < 1.29 is 9.84 Å². The summed E-state index contributed by atoms with van der Waals surface area (Å²) in [7, 11) is 0. The molecule has 0 saturated heterocycles. The van der Waals surface area contributed by atoms with Crippen molar-refractivity contribution in [1.82, 2.24) is 0 Å². The van der Waals surface area contributed by atoms with Gasteiger partial charge in [-0.05, 0) is 44.0 Å². The van der Waals surface area contributed by atoms with E-state index in [1.807, 2.05) is 63.2 Å². The standard InChI is InChI=1S/C17H19BrO2/c1-11(2)20-16-10-5-4-7-14(16)17(19)13-8-6-9-15(18)12(13)3/h4-11,17,19H,1-3H3. The van der Waals surface area contributed by atoms with E-state index >= 15 is 0 Å². The van der Waals surface area contributed by atoms with E-state index in [-0.39, 0.29) is 6.10 Å². The average molecular weight is 335 g/mol. The van der Waals surface area contributed by atoms with Crippen LogP contribution in [0.1, 0.15) is 36.6 Å². The lowest BCUT2D eigenvalue weighted by atomic mass is 9.97. The Balaban J connectivity index is 2.43. The Labute approximate surface area is 128 Å². The highest BCUT2D eigenvalue weighted by molar-refractivity contribution is 9.10. The Kier molecular flexibility index (Phi) is 4.84. The van der Waals surface area contributed by atoms with E-state index in [1.54, 1.807) is 0 Å². The first-order valence-electron chi connectivity index (χ1n) is 6.69. The highest BCUT2D eigenvalue weighted by atomic mass is 79.9. The fourth-order valence-electron chi connectivity index (χ4n) is 2.16. The zero-order valence-corrected chi connectivity index (χ0v) is 13.5. The van der Waals surface area contributed by atoms with Crippen LogP contribution < -0.4 is 4.74 Å². The zero-order valence-electron chi connectivity index (χ0n) is 11.9. The van der Waals surface area contributed by atoms with Crippen LogP contribution in [0.3, 0.4) is 0 Å². The lowest BCUT2D eigenvalue weighted by Crippen LogP contribution is -2.10. The molecule has 0 aliphatic carbocycles. The quantitative estimate of drug-likeness (QED) is 0.883. The normalized spacial score (nSPS) is 12.5. The monoisotopic (exact) mass is 334 g/mol. The average Bonchev–Trinajstić information content (AvgIpc) is 2.41. The van der Waals surface area contributed by atoms with E-state index in [9.17, 15) is 5.11 Å². The molecule has 0 heterocycles.